The third kappa shape index (κ3) is 5.31. The van der Waals surface area contributed by atoms with Crippen LogP contribution in [0.4, 0.5) is 24.5 Å². The first-order valence-electron chi connectivity index (χ1n) is 9.62. The Morgan fingerprint density at radius 1 is 1.06 bits per heavy atom. The third-order valence-corrected chi connectivity index (χ3v) is 5.07. The molecule has 0 spiro atoms. The molecule has 32 heavy (non-hydrogen) atoms. The molecule has 0 atom stereocenters. The summed E-state index contributed by atoms with van der Waals surface area (Å²) in [4.78, 5) is 0. The van der Waals surface area contributed by atoms with Crippen LogP contribution in [0.3, 0.4) is 0 Å². The molecule has 0 aliphatic heterocycles. The van der Waals surface area contributed by atoms with Gasteiger partial charge < -0.3 is 20.1 Å². The molecule has 1 heterocycles. The molecule has 0 radical (unpaired) electrons. The molecule has 2 N–H and O–H groups in total. The predicted octanol–water partition coefficient (Wildman–Crippen LogP) is 5.39. The fraction of sp³-hybridized carbons (Fsp3) is 0.273. The van der Waals surface area contributed by atoms with Crippen molar-refractivity contribution in [3.8, 4) is 11.5 Å². The largest absolute Gasteiger partial charge is 0.497 e. The number of aryl methyl sites for hydroxylation is 1. The van der Waals surface area contributed by atoms with Crippen molar-refractivity contribution in [2.24, 2.45) is 0 Å². The fourth-order valence-corrected chi connectivity index (χ4v) is 3.43. The van der Waals surface area contributed by atoms with Gasteiger partial charge in [0.25, 0.3) is 0 Å². The zero-order valence-electron chi connectivity index (χ0n) is 18.0. The Kier molecular flexibility index (Phi) is 6.93. The molecule has 0 unspecified atom stereocenters. The van der Waals surface area contributed by atoms with E-state index in [1.165, 1.54) is 6.07 Å². The van der Waals surface area contributed by atoms with Gasteiger partial charge in [-0.05, 0) is 55.9 Å². The first-order chi connectivity index (χ1) is 15.1. The summed E-state index contributed by atoms with van der Waals surface area (Å²) in [5, 5.41) is 11.0. The number of alkyl halides is 3. The van der Waals surface area contributed by atoms with Crippen LogP contribution in [0.5, 0.6) is 11.5 Å². The summed E-state index contributed by atoms with van der Waals surface area (Å²) in [5.41, 5.74) is 2.56. The predicted molar refractivity (Wildman–Crippen MR) is 122 cm³/mol. The van der Waals surface area contributed by atoms with Gasteiger partial charge in [-0.3, -0.25) is 4.68 Å². The minimum Gasteiger partial charge on any atom is -0.497 e. The molecule has 0 amide bonds. The number of rotatable bonds is 6. The van der Waals surface area contributed by atoms with E-state index in [1.807, 2.05) is 6.92 Å². The second-order valence-corrected chi connectivity index (χ2v) is 7.46. The Balaban J connectivity index is 1.76. The maximum absolute atomic E-state index is 13.0. The molecule has 170 valence electrons. The molecule has 10 heteroatoms. The van der Waals surface area contributed by atoms with Crippen molar-refractivity contribution in [1.29, 1.82) is 0 Å². The normalized spacial score (nSPS) is 11.2. The second-order valence-electron chi connectivity index (χ2n) is 7.05. The van der Waals surface area contributed by atoms with E-state index >= 15 is 0 Å². The summed E-state index contributed by atoms with van der Waals surface area (Å²) in [6.45, 7) is 3.83. The van der Waals surface area contributed by atoms with Gasteiger partial charge in [0, 0.05) is 6.07 Å². The zero-order valence-corrected chi connectivity index (χ0v) is 18.8. The Labute approximate surface area is 189 Å². The number of nitrogens with one attached hydrogen (secondary N) is 2. The number of hydrogen-bond donors (Lipinski definition) is 2. The highest BCUT2D eigenvalue weighted by Gasteiger charge is 2.30. The summed E-state index contributed by atoms with van der Waals surface area (Å²) in [6.07, 6.45) is -4.39. The van der Waals surface area contributed by atoms with Crippen LogP contribution in [0.2, 0.25) is 0 Å². The van der Waals surface area contributed by atoms with Crippen LogP contribution in [-0.4, -0.2) is 29.1 Å². The Bertz CT molecular complexity index is 1130. The number of ether oxygens (including phenoxy) is 2. The molecule has 0 saturated carbocycles. The molecule has 3 rings (SSSR count). The fourth-order valence-electron chi connectivity index (χ4n) is 3.22. The number of benzene rings is 2. The Morgan fingerprint density at radius 2 is 1.81 bits per heavy atom. The lowest BCUT2D eigenvalue weighted by Gasteiger charge is -2.14. The SMILES string of the molecule is COc1ccc(NC(=S)Nc2c(C)nn(Cc3cccc(C(F)(F)F)c3)c2C)c(OC)c1. The third-order valence-electron chi connectivity index (χ3n) is 4.86. The smallest absolute Gasteiger partial charge is 0.416 e. The Hall–Kier alpha value is -3.27. The van der Waals surface area contributed by atoms with E-state index in [-0.39, 0.29) is 6.54 Å². The van der Waals surface area contributed by atoms with Crippen LogP contribution in [0.1, 0.15) is 22.5 Å². The molecule has 0 aliphatic carbocycles. The lowest BCUT2D eigenvalue weighted by Crippen LogP contribution is -2.20. The van der Waals surface area contributed by atoms with E-state index in [0.29, 0.717) is 39.2 Å². The van der Waals surface area contributed by atoms with E-state index in [9.17, 15) is 13.2 Å². The maximum Gasteiger partial charge on any atom is 0.416 e. The van der Waals surface area contributed by atoms with Crippen LogP contribution >= 0.6 is 12.2 Å². The number of anilines is 2. The van der Waals surface area contributed by atoms with Crippen molar-refractivity contribution in [3.63, 3.8) is 0 Å². The number of hydrogen-bond acceptors (Lipinski definition) is 4. The van der Waals surface area contributed by atoms with Crippen LogP contribution in [0.25, 0.3) is 0 Å². The second kappa shape index (κ2) is 9.47. The van der Waals surface area contributed by atoms with E-state index < -0.39 is 11.7 Å². The zero-order chi connectivity index (χ0) is 23.5. The number of halogens is 3. The quantitative estimate of drug-likeness (QED) is 0.477. The molecule has 2 aromatic carbocycles. The van der Waals surface area contributed by atoms with Crippen molar-refractivity contribution in [1.82, 2.24) is 9.78 Å². The first-order valence-corrected chi connectivity index (χ1v) is 10.0. The monoisotopic (exact) mass is 464 g/mol. The molecule has 0 aliphatic rings. The van der Waals surface area contributed by atoms with Gasteiger partial charge in [-0.1, -0.05) is 12.1 Å². The average Bonchev–Trinajstić information content (AvgIpc) is 3.01. The number of nitrogens with zero attached hydrogens (tertiary/aromatic N) is 2. The number of thiocarbonyl (C=S) groups is 1. The van der Waals surface area contributed by atoms with Gasteiger partial charge in [-0.2, -0.15) is 18.3 Å². The number of methoxy groups -OCH3 is 2. The van der Waals surface area contributed by atoms with Gasteiger partial charge >= 0.3 is 6.18 Å². The summed E-state index contributed by atoms with van der Waals surface area (Å²) >= 11 is 5.43. The summed E-state index contributed by atoms with van der Waals surface area (Å²) in [6, 6.07) is 10.5. The minimum absolute atomic E-state index is 0.199. The van der Waals surface area contributed by atoms with Gasteiger partial charge in [0.2, 0.25) is 0 Å². The van der Waals surface area contributed by atoms with Gasteiger partial charge in [0.1, 0.15) is 11.5 Å². The van der Waals surface area contributed by atoms with E-state index in [0.717, 1.165) is 17.8 Å². The first kappa shape index (κ1) is 23.4. The van der Waals surface area contributed by atoms with Gasteiger partial charge in [0.05, 0.1) is 49.1 Å². The van der Waals surface area contributed by atoms with E-state index in [2.05, 4.69) is 15.7 Å². The molecule has 0 fully saturated rings. The van der Waals surface area contributed by atoms with Crippen LogP contribution < -0.4 is 20.1 Å². The number of aromatic nitrogens is 2. The van der Waals surface area contributed by atoms with Crippen molar-refractivity contribution >= 4 is 28.7 Å². The van der Waals surface area contributed by atoms with E-state index in [1.54, 1.807) is 50.1 Å². The summed E-state index contributed by atoms with van der Waals surface area (Å²) in [7, 11) is 3.11. The highest BCUT2D eigenvalue weighted by atomic mass is 32.1. The molecule has 3 aromatic rings. The molecular formula is C22H23F3N4O2S. The van der Waals surface area contributed by atoms with Crippen LogP contribution in [-0.2, 0) is 12.7 Å². The van der Waals surface area contributed by atoms with Crippen LogP contribution in [0.15, 0.2) is 42.5 Å². The van der Waals surface area contributed by atoms with Gasteiger partial charge in [0.15, 0.2) is 5.11 Å². The van der Waals surface area contributed by atoms with Crippen LogP contribution in [0, 0.1) is 13.8 Å². The van der Waals surface area contributed by atoms with Crippen molar-refractivity contribution in [3.05, 3.63) is 65.0 Å². The van der Waals surface area contributed by atoms with Gasteiger partial charge in [-0.25, -0.2) is 0 Å². The molecule has 0 saturated heterocycles. The summed E-state index contributed by atoms with van der Waals surface area (Å²) < 4.78 is 51.2. The molecular weight excluding hydrogens is 441 g/mol. The minimum atomic E-state index is -4.39. The molecule has 0 bridgehead atoms. The Morgan fingerprint density at radius 3 is 2.47 bits per heavy atom. The molecule has 6 nitrogen and oxygen atoms in total. The highest BCUT2D eigenvalue weighted by molar-refractivity contribution is 7.80. The highest BCUT2D eigenvalue weighted by Crippen LogP contribution is 2.31. The van der Waals surface area contributed by atoms with Crippen molar-refractivity contribution in [2.75, 3.05) is 24.9 Å². The summed E-state index contributed by atoms with van der Waals surface area (Å²) in [5.74, 6) is 1.20. The average molecular weight is 465 g/mol. The maximum atomic E-state index is 13.0. The van der Waals surface area contributed by atoms with E-state index in [4.69, 9.17) is 21.7 Å². The van der Waals surface area contributed by atoms with Gasteiger partial charge in [-0.15, -0.1) is 0 Å². The van der Waals surface area contributed by atoms with Crippen molar-refractivity contribution in [2.45, 2.75) is 26.6 Å². The standard InChI is InChI=1S/C22H23F3N4O2S/c1-13-20(27-21(32)26-18-9-8-17(30-3)11-19(18)31-4)14(2)29(28-13)12-15-6-5-7-16(10-15)22(23,24)25/h5-11H,12H2,1-4H3,(H2,26,27,32). The lowest BCUT2D eigenvalue weighted by molar-refractivity contribution is -0.137. The lowest BCUT2D eigenvalue weighted by atomic mass is 10.1. The molecule has 1 aromatic heterocycles. The van der Waals surface area contributed by atoms with Crippen molar-refractivity contribution < 1.29 is 22.6 Å². The topological polar surface area (TPSA) is 60.3 Å².